The van der Waals surface area contributed by atoms with Crippen molar-refractivity contribution in [1.82, 2.24) is 4.98 Å². The van der Waals surface area contributed by atoms with Crippen molar-refractivity contribution in [3.63, 3.8) is 0 Å². The number of pyridine rings is 1. The molecule has 2 aromatic rings. The highest BCUT2D eigenvalue weighted by molar-refractivity contribution is 8.00. The quantitative estimate of drug-likeness (QED) is 0.826. The lowest BCUT2D eigenvalue weighted by atomic mass is 10.3. The van der Waals surface area contributed by atoms with E-state index in [0.717, 1.165) is 42.8 Å². The Morgan fingerprint density at radius 1 is 1.20 bits per heavy atom. The molecule has 132 valence electrons. The molecule has 0 spiro atoms. The smallest absolute Gasteiger partial charge is 0.234 e. The van der Waals surface area contributed by atoms with Gasteiger partial charge < -0.3 is 15.0 Å². The molecule has 0 bridgehead atoms. The van der Waals surface area contributed by atoms with Crippen LogP contribution in [0.1, 0.15) is 0 Å². The number of rotatable bonds is 5. The number of carbonyl (C=O) groups excluding carboxylic acids is 1. The number of amides is 1. The number of thioether (sulfide) groups is 1. The molecule has 1 N–H and O–H groups in total. The predicted octanol–water partition coefficient (Wildman–Crippen LogP) is 2.93. The molecule has 0 saturated carbocycles. The molecule has 0 aliphatic carbocycles. The van der Waals surface area contributed by atoms with E-state index >= 15 is 0 Å². The standard InChI is InChI=1S/C17H17F2N3O2S/c18-14-3-2-13(9-15(14)19)25-11-17(23)21-12-1-4-16(20-10-12)22-5-7-24-8-6-22/h1-4,9-10H,5-8,11H2,(H,21,23). The lowest BCUT2D eigenvalue weighted by Gasteiger charge is -2.27. The lowest BCUT2D eigenvalue weighted by Crippen LogP contribution is -2.36. The molecular weight excluding hydrogens is 348 g/mol. The van der Waals surface area contributed by atoms with Crippen LogP contribution in [-0.4, -0.2) is 42.9 Å². The van der Waals surface area contributed by atoms with Gasteiger partial charge in [-0.05, 0) is 30.3 Å². The second kappa shape index (κ2) is 8.26. The van der Waals surface area contributed by atoms with Crippen LogP contribution in [0.25, 0.3) is 0 Å². The summed E-state index contributed by atoms with van der Waals surface area (Å²) in [4.78, 5) is 18.9. The number of nitrogens with one attached hydrogen (secondary N) is 1. The number of halogens is 2. The minimum absolute atomic E-state index is 0.0935. The van der Waals surface area contributed by atoms with E-state index in [1.165, 1.54) is 6.07 Å². The Morgan fingerprint density at radius 2 is 2.00 bits per heavy atom. The first-order valence-electron chi connectivity index (χ1n) is 7.78. The Labute approximate surface area is 148 Å². The Bertz CT molecular complexity index is 737. The van der Waals surface area contributed by atoms with E-state index in [0.29, 0.717) is 23.8 Å². The van der Waals surface area contributed by atoms with Crippen molar-refractivity contribution in [3.05, 3.63) is 48.2 Å². The fourth-order valence-electron chi connectivity index (χ4n) is 2.35. The van der Waals surface area contributed by atoms with E-state index in [1.54, 1.807) is 12.3 Å². The summed E-state index contributed by atoms with van der Waals surface area (Å²) in [6.45, 7) is 2.95. The van der Waals surface area contributed by atoms with Crippen LogP contribution in [0, 0.1) is 11.6 Å². The van der Waals surface area contributed by atoms with Crippen LogP contribution in [-0.2, 0) is 9.53 Å². The maximum atomic E-state index is 13.1. The first-order valence-corrected chi connectivity index (χ1v) is 8.77. The van der Waals surface area contributed by atoms with Gasteiger partial charge in [0, 0.05) is 18.0 Å². The van der Waals surface area contributed by atoms with Crippen molar-refractivity contribution >= 4 is 29.2 Å². The zero-order valence-corrected chi connectivity index (χ0v) is 14.2. The molecule has 1 aliphatic heterocycles. The van der Waals surface area contributed by atoms with Crippen LogP contribution in [0.5, 0.6) is 0 Å². The highest BCUT2D eigenvalue weighted by Gasteiger charge is 2.12. The summed E-state index contributed by atoms with van der Waals surface area (Å²) < 4.78 is 31.3. The van der Waals surface area contributed by atoms with Crippen molar-refractivity contribution in [2.75, 3.05) is 42.3 Å². The molecule has 1 amide bonds. The highest BCUT2D eigenvalue weighted by atomic mass is 32.2. The molecule has 1 aromatic heterocycles. The number of hydrogen-bond acceptors (Lipinski definition) is 5. The first kappa shape index (κ1) is 17.6. The Balaban J connectivity index is 1.51. The molecule has 5 nitrogen and oxygen atoms in total. The van der Waals surface area contributed by atoms with Gasteiger partial charge in [-0.25, -0.2) is 13.8 Å². The van der Waals surface area contributed by atoms with Crippen LogP contribution in [0.2, 0.25) is 0 Å². The van der Waals surface area contributed by atoms with E-state index in [-0.39, 0.29) is 11.7 Å². The monoisotopic (exact) mass is 365 g/mol. The van der Waals surface area contributed by atoms with Gasteiger partial charge in [0.1, 0.15) is 5.82 Å². The van der Waals surface area contributed by atoms with Crippen LogP contribution in [0.15, 0.2) is 41.4 Å². The molecule has 1 aromatic carbocycles. The minimum Gasteiger partial charge on any atom is -0.378 e. The van der Waals surface area contributed by atoms with Crippen molar-refractivity contribution in [2.24, 2.45) is 0 Å². The molecular formula is C17H17F2N3O2S. The van der Waals surface area contributed by atoms with E-state index in [9.17, 15) is 13.6 Å². The normalized spacial score (nSPS) is 14.4. The van der Waals surface area contributed by atoms with E-state index < -0.39 is 11.6 Å². The van der Waals surface area contributed by atoms with Crippen molar-refractivity contribution in [1.29, 1.82) is 0 Å². The summed E-state index contributed by atoms with van der Waals surface area (Å²) in [6, 6.07) is 7.20. The third-order valence-corrected chi connectivity index (χ3v) is 4.62. The van der Waals surface area contributed by atoms with Gasteiger partial charge in [0.2, 0.25) is 5.91 Å². The maximum Gasteiger partial charge on any atom is 0.234 e. The van der Waals surface area contributed by atoms with Gasteiger partial charge in [0.25, 0.3) is 0 Å². The number of ether oxygens (including phenoxy) is 1. The number of aromatic nitrogens is 1. The highest BCUT2D eigenvalue weighted by Crippen LogP contribution is 2.21. The van der Waals surface area contributed by atoms with Gasteiger partial charge in [-0.2, -0.15) is 0 Å². The molecule has 8 heteroatoms. The molecule has 3 rings (SSSR count). The average Bonchev–Trinajstić information content (AvgIpc) is 2.64. The summed E-state index contributed by atoms with van der Waals surface area (Å²) in [7, 11) is 0. The molecule has 0 radical (unpaired) electrons. The maximum absolute atomic E-state index is 13.1. The van der Waals surface area contributed by atoms with Gasteiger partial charge in [0.15, 0.2) is 11.6 Å². The van der Waals surface area contributed by atoms with Crippen LogP contribution < -0.4 is 10.2 Å². The predicted molar refractivity (Wildman–Crippen MR) is 93.0 cm³/mol. The summed E-state index contributed by atoms with van der Waals surface area (Å²) in [6.07, 6.45) is 1.60. The Kier molecular flexibility index (Phi) is 5.83. The van der Waals surface area contributed by atoms with E-state index in [2.05, 4.69) is 15.2 Å². The number of carbonyl (C=O) groups is 1. The SMILES string of the molecule is O=C(CSc1ccc(F)c(F)c1)Nc1ccc(N2CCOCC2)nc1. The summed E-state index contributed by atoms with van der Waals surface area (Å²) in [5.41, 5.74) is 0.591. The van der Waals surface area contributed by atoms with Crippen LogP contribution in [0.4, 0.5) is 20.3 Å². The molecule has 1 aliphatic rings. The van der Waals surface area contributed by atoms with Crippen LogP contribution >= 0.6 is 11.8 Å². The Hall–Kier alpha value is -2.19. The van der Waals surface area contributed by atoms with Gasteiger partial charge in [-0.1, -0.05) is 0 Å². The second-order valence-corrected chi connectivity index (χ2v) is 6.47. The molecule has 2 heterocycles. The first-order chi connectivity index (χ1) is 12.1. The van der Waals surface area contributed by atoms with Gasteiger partial charge in [0.05, 0.1) is 30.9 Å². The molecule has 1 fully saturated rings. The van der Waals surface area contributed by atoms with Gasteiger partial charge in [-0.3, -0.25) is 4.79 Å². The molecule has 0 atom stereocenters. The number of hydrogen-bond donors (Lipinski definition) is 1. The topological polar surface area (TPSA) is 54.5 Å². The number of anilines is 2. The third kappa shape index (κ3) is 4.90. The fourth-order valence-corrected chi connectivity index (χ4v) is 3.07. The molecule has 25 heavy (non-hydrogen) atoms. The summed E-state index contributed by atoms with van der Waals surface area (Å²) in [5.74, 6) is -1.13. The van der Waals surface area contributed by atoms with Crippen LogP contribution in [0.3, 0.4) is 0 Å². The third-order valence-electron chi connectivity index (χ3n) is 3.63. The lowest BCUT2D eigenvalue weighted by molar-refractivity contribution is -0.113. The minimum atomic E-state index is -0.923. The van der Waals surface area contributed by atoms with Gasteiger partial charge in [-0.15, -0.1) is 11.8 Å². The zero-order chi connectivity index (χ0) is 17.6. The van der Waals surface area contributed by atoms with Gasteiger partial charge >= 0.3 is 0 Å². The molecule has 0 unspecified atom stereocenters. The fraction of sp³-hybridized carbons (Fsp3) is 0.294. The summed E-state index contributed by atoms with van der Waals surface area (Å²) >= 11 is 1.14. The number of nitrogens with zero attached hydrogens (tertiary/aromatic N) is 2. The summed E-state index contributed by atoms with van der Waals surface area (Å²) in [5, 5.41) is 2.74. The van der Waals surface area contributed by atoms with Crippen molar-refractivity contribution in [2.45, 2.75) is 4.90 Å². The average molecular weight is 365 g/mol. The number of benzene rings is 1. The second-order valence-electron chi connectivity index (χ2n) is 5.42. The largest absolute Gasteiger partial charge is 0.378 e. The van der Waals surface area contributed by atoms with E-state index in [1.807, 2.05) is 6.07 Å². The van der Waals surface area contributed by atoms with E-state index in [4.69, 9.17) is 4.74 Å². The van der Waals surface area contributed by atoms with Crippen molar-refractivity contribution in [3.8, 4) is 0 Å². The molecule has 1 saturated heterocycles. The zero-order valence-electron chi connectivity index (χ0n) is 13.4. The number of morpholine rings is 1. The van der Waals surface area contributed by atoms with Crippen molar-refractivity contribution < 1.29 is 18.3 Å². The Morgan fingerprint density at radius 3 is 2.68 bits per heavy atom.